The van der Waals surface area contributed by atoms with Crippen LogP contribution in [0.15, 0.2) is 36.9 Å². The first-order chi connectivity index (χ1) is 7.86. The van der Waals surface area contributed by atoms with Crippen molar-refractivity contribution in [3.8, 4) is 0 Å². The molecule has 2 heteroatoms. The number of hydrogen-bond acceptors (Lipinski definition) is 2. The van der Waals surface area contributed by atoms with E-state index < -0.39 is 0 Å². The zero-order chi connectivity index (χ0) is 13.1. The molecule has 0 heterocycles. The molecule has 0 saturated heterocycles. The topological polar surface area (TPSA) is 26.3 Å². The van der Waals surface area contributed by atoms with E-state index >= 15 is 0 Å². The summed E-state index contributed by atoms with van der Waals surface area (Å²) in [5.41, 5.74) is 2.28. The molecule has 0 aromatic heterocycles. The van der Waals surface area contributed by atoms with Crippen LogP contribution >= 0.6 is 0 Å². The average Bonchev–Trinajstić information content (AvgIpc) is 2.27. The maximum atomic E-state index is 11.2. The van der Waals surface area contributed by atoms with E-state index in [1.54, 1.807) is 0 Å². The summed E-state index contributed by atoms with van der Waals surface area (Å²) in [6.45, 7) is 11.7. The number of carbonyl (C=O) groups excluding carboxylic acids is 1. The second kappa shape index (κ2) is 5.17. The SMILES string of the molecule is C=CC(=O)OC(C)c1ccccc1C(C)(C)C. The van der Waals surface area contributed by atoms with E-state index in [1.807, 2.05) is 25.1 Å². The van der Waals surface area contributed by atoms with Gasteiger partial charge < -0.3 is 4.74 Å². The molecule has 1 atom stereocenters. The second-order valence-electron chi connectivity index (χ2n) is 5.12. The summed E-state index contributed by atoms with van der Waals surface area (Å²) in [6, 6.07) is 8.05. The molecule has 17 heavy (non-hydrogen) atoms. The third-order valence-corrected chi connectivity index (χ3v) is 2.67. The van der Waals surface area contributed by atoms with Gasteiger partial charge in [0, 0.05) is 6.08 Å². The van der Waals surface area contributed by atoms with E-state index in [4.69, 9.17) is 4.74 Å². The molecule has 1 aromatic carbocycles. The Morgan fingerprint density at radius 1 is 1.35 bits per heavy atom. The molecule has 0 aliphatic carbocycles. The quantitative estimate of drug-likeness (QED) is 0.585. The zero-order valence-corrected chi connectivity index (χ0v) is 11.0. The lowest BCUT2D eigenvalue weighted by Gasteiger charge is -2.25. The largest absolute Gasteiger partial charge is 0.455 e. The highest BCUT2D eigenvalue weighted by atomic mass is 16.5. The summed E-state index contributed by atoms with van der Waals surface area (Å²) in [7, 11) is 0. The standard InChI is InChI=1S/C15H20O2/c1-6-14(16)17-11(2)12-9-7-8-10-13(12)15(3,4)5/h6-11H,1H2,2-5H3. The lowest BCUT2D eigenvalue weighted by Crippen LogP contribution is -2.17. The first-order valence-corrected chi connectivity index (χ1v) is 5.78. The zero-order valence-electron chi connectivity index (χ0n) is 11.0. The van der Waals surface area contributed by atoms with Crippen molar-refractivity contribution in [2.24, 2.45) is 0 Å². The van der Waals surface area contributed by atoms with Gasteiger partial charge in [0.2, 0.25) is 0 Å². The van der Waals surface area contributed by atoms with Crippen molar-refractivity contribution in [1.82, 2.24) is 0 Å². The molecule has 0 spiro atoms. The van der Waals surface area contributed by atoms with Gasteiger partial charge in [0.1, 0.15) is 6.10 Å². The summed E-state index contributed by atoms with van der Waals surface area (Å²) in [6.07, 6.45) is 0.937. The number of esters is 1. The van der Waals surface area contributed by atoms with Gasteiger partial charge >= 0.3 is 5.97 Å². The Balaban J connectivity index is 3.05. The molecular weight excluding hydrogens is 212 g/mol. The van der Waals surface area contributed by atoms with Crippen LogP contribution in [0.4, 0.5) is 0 Å². The second-order valence-corrected chi connectivity index (χ2v) is 5.12. The van der Waals surface area contributed by atoms with Crippen molar-refractivity contribution in [2.75, 3.05) is 0 Å². The van der Waals surface area contributed by atoms with Gasteiger partial charge in [-0.1, -0.05) is 51.6 Å². The Morgan fingerprint density at radius 3 is 2.47 bits per heavy atom. The lowest BCUT2D eigenvalue weighted by atomic mass is 9.82. The fourth-order valence-electron chi connectivity index (χ4n) is 1.82. The summed E-state index contributed by atoms with van der Waals surface area (Å²) in [4.78, 5) is 11.2. The lowest BCUT2D eigenvalue weighted by molar-refractivity contribution is -0.142. The van der Waals surface area contributed by atoms with Gasteiger partial charge in [0.15, 0.2) is 0 Å². The molecular formula is C15H20O2. The molecule has 0 fully saturated rings. The van der Waals surface area contributed by atoms with Crippen molar-refractivity contribution in [2.45, 2.75) is 39.2 Å². The van der Waals surface area contributed by atoms with Gasteiger partial charge in [-0.2, -0.15) is 0 Å². The fraction of sp³-hybridized carbons (Fsp3) is 0.400. The van der Waals surface area contributed by atoms with E-state index in [9.17, 15) is 4.79 Å². The Kier molecular flexibility index (Phi) is 4.11. The minimum absolute atomic E-state index is 0.0332. The highest BCUT2D eigenvalue weighted by Crippen LogP contribution is 2.30. The van der Waals surface area contributed by atoms with E-state index in [2.05, 4.69) is 33.4 Å². The molecule has 0 bridgehead atoms. The van der Waals surface area contributed by atoms with E-state index in [0.717, 1.165) is 5.56 Å². The third-order valence-electron chi connectivity index (χ3n) is 2.67. The molecule has 0 aliphatic heterocycles. The Labute approximate surface area is 103 Å². The normalized spacial score (nSPS) is 12.9. The fourth-order valence-corrected chi connectivity index (χ4v) is 1.82. The Bertz CT molecular complexity index is 413. The maximum absolute atomic E-state index is 11.2. The molecule has 0 amide bonds. The molecule has 0 N–H and O–H groups in total. The van der Waals surface area contributed by atoms with Gasteiger partial charge in [0.25, 0.3) is 0 Å². The molecule has 0 radical (unpaired) electrons. The van der Waals surface area contributed by atoms with Crippen LogP contribution in [-0.2, 0) is 14.9 Å². The third kappa shape index (κ3) is 3.45. The van der Waals surface area contributed by atoms with Gasteiger partial charge in [0.05, 0.1) is 0 Å². The number of benzene rings is 1. The highest BCUT2D eigenvalue weighted by molar-refractivity contribution is 5.81. The summed E-state index contributed by atoms with van der Waals surface area (Å²) < 4.78 is 5.26. The van der Waals surface area contributed by atoms with Crippen LogP contribution in [0.3, 0.4) is 0 Å². The van der Waals surface area contributed by atoms with Crippen molar-refractivity contribution in [1.29, 1.82) is 0 Å². The smallest absolute Gasteiger partial charge is 0.330 e. The summed E-state index contributed by atoms with van der Waals surface area (Å²) in [5.74, 6) is -0.388. The van der Waals surface area contributed by atoms with Crippen LogP contribution in [0.1, 0.15) is 44.9 Å². The molecule has 2 nitrogen and oxygen atoms in total. The molecule has 1 aromatic rings. The van der Waals surface area contributed by atoms with Crippen LogP contribution in [0, 0.1) is 0 Å². The number of ether oxygens (including phenoxy) is 1. The van der Waals surface area contributed by atoms with Gasteiger partial charge in [-0.25, -0.2) is 4.79 Å². The van der Waals surface area contributed by atoms with Crippen molar-refractivity contribution in [3.63, 3.8) is 0 Å². The summed E-state index contributed by atoms with van der Waals surface area (Å²) in [5, 5.41) is 0. The van der Waals surface area contributed by atoms with Crippen LogP contribution in [0.5, 0.6) is 0 Å². The van der Waals surface area contributed by atoms with Crippen molar-refractivity contribution >= 4 is 5.97 Å². The molecule has 1 unspecified atom stereocenters. The van der Waals surface area contributed by atoms with Gasteiger partial charge in [-0.15, -0.1) is 0 Å². The Morgan fingerprint density at radius 2 is 1.94 bits per heavy atom. The van der Waals surface area contributed by atoms with E-state index in [-0.39, 0.29) is 17.5 Å². The van der Waals surface area contributed by atoms with Crippen LogP contribution < -0.4 is 0 Å². The van der Waals surface area contributed by atoms with Crippen LogP contribution in [0.2, 0.25) is 0 Å². The van der Waals surface area contributed by atoms with Crippen molar-refractivity contribution < 1.29 is 9.53 Å². The monoisotopic (exact) mass is 232 g/mol. The number of rotatable bonds is 3. The van der Waals surface area contributed by atoms with Crippen molar-refractivity contribution in [3.05, 3.63) is 48.0 Å². The predicted octanol–water partition coefficient (Wildman–Crippen LogP) is 3.77. The maximum Gasteiger partial charge on any atom is 0.330 e. The first kappa shape index (κ1) is 13.5. The Hall–Kier alpha value is -1.57. The van der Waals surface area contributed by atoms with Crippen LogP contribution in [0.25, 0.3) is 0 Å². The van der Waals surface area contributed by atoms with E-state index in [1.165, 1.54) is 11.6 Å². The molecule has 0 saturated carbocycles. The van der Waals surface area contributed by atoms with Crippen LogP contribution in [-0.4, -0.2) is 5.97 Å². The molecule has 92 valence electrons. The minimum atomic E-state index is -0.388. The highest BCUT2D eigenvalue weighted by Gasteiger charge is 2.21. The minimum Gasteiger partial charge on any atom is -0.455 e. The molecule has 0 aliphatic rings. The summed E-state index contributed by atoms with van der Waals surface area (Å²) >= 11 is 0. The number of hydrogen-bond donors (Lipinski definition) is 0. The average molecular weight is 232 g/mol. The molecule has 1 rings (SSSR count). The van der Waals surface area contributed by atoms with Gasteiger partial charge in [-0.05, 0) is 23.5 Å². The van der Waals surface area contributed by atoms with E-state index in [0.29, 0.717) is 0 Å². The number of carbonyl (C=O) groups is 1. The predicted molar refractivity (Wildman–Crippen MR) is 69.8 cm³/mol. The first-order valence-electron chi connectivity index (χ1n) is 5.78. The van der Waals surface area contributed by atoms with Gasteiger partial charge in [-0.3, -0.25) is 0 Å².